The quantitative estimate of drug-likeness (QED) is 0.777. The SMILES string of the molecule is CCOc1ccc(C(=O)CCC(=O)Nc2cc(C)ccc2F)cc1. The summed E-state index contributed by atoms with van der Waals surface area (Å²) in [6.07, 6.45) is 0.0622. The van der Waals surface area contributed by atoms with Crippen molar-refractivity contribution in [3.63, 3.8) is 0 Å². The van der Waals surface area contributed by atoms with Crippen LogP contribution in [-0.2, 0) is 4.79 Å². The van der Waals surface area contributed by atoms with E-state index in [0.717, 1.165) is 5.56 Å². The summed E-state index contributed by atoms with van der Waals surface area (Å²) in [7, 11) is 0. The van der Waals surface area contributed by atoms with Gasteiger partial charge >= 0.3 is 0 Å². The van der Waals surface area contributed by atoms with Crippen LogP contribution in [-0.4, -0.2) is 18.3 Å². The smallest absolute Gasteiger partial charge is 0.224 e. The summed E-state index contributed by atoms with van der Waals surface area (Å²) in [5, 5.41) is 2.50. The molecule has 0 saturated carbocycles. The van der Waals surface area contributed by atoms with E-state index in [0.29, 0.717) is 17.9 Å². The van der Waals surface area contributed by atoms with Crippen molar-refractivity contribution in [3.05, 3.63) is 59.4 Å². The van der Waals surface area contributed by atoms with Gasteiger partial charge in [0.05, 0.1) is 12.3 Å². The maximum atomic E-state index is 13.6. The van der Waals surface area contributed by atoms with Gasteiger partial charge in [-0.3, -0.25) is 9.59 Å². The topological polar surface area (TPSA) is 55.4 Å². The molecule has 0 radical (unpaired) electrons. The van der Waals surface area contributed by atoms with E-state index in [1.807, 2.05) is 13.8 Å². The number of rotatable bonds is 7. The number of Topliss-reactive ketones (excluding diaryl/α,β-unsaturated/α-hetero) is 1. The number of anilines is 1. The lowest BCUT2D eigenvalue weighted by molar-refractivity contribution is -0.116. The maximum Gasteiger partial charge on any atom is 0.224 e. The Morgan fingerprint density at radius 3 is 2.46 bits per heavy atom. The minimum atomic E-state index is -0.494. The summed E-state index contributed by atoms with van der Waals surface area (Å²) in [6, 6.07) is 11.3. The molecule has 24 heavy (non-hydrogen) atoms. The van der Waals surface area contributed by atoms with Gasteiger partial charge in [0.25, 0.3) is 0 Å². The Bertz CT molecular complexity index is 726. The second kappa shape index (κ2) is 8.24. The van der Waals surface area contributed by atoms with Gasteiger partial charge in [-0.25, -0.2) is 4.39 Å². The summed E-state index contributed by atoms with van der Waals surface area (Å²) in [5.41, 5.74) is 1.50. The molecular weight excluding hydrogens is 309 g/mol. The number of ketones is 1. The zero-order valence-corrected chi connectivity index (χ0v) is 13.8. The first kappa shape index (κ1) is 17.7. The summed E-state index contributed by atoms with van der Waals surface area (Å²) >= 11 is 0. The molecule has 2 aromatic rings. The molecule has 0 aromatic heterocycles. The molecule has 0 aliphatic carbocycles. The minimum Gasteiger partial charge on any atom is -0.494 e. The van der Waals surface area contributed by atoms with Crippen LogP contribution in [0.25, 0.3) is 0 Å². The third kappa shape index (κ3) is 4.91. The first-order chi connectivity index (χ1) is 11.5. The van der Waals surface area contributed by atoms with E-state index in [-0.39, 0.29) is 24.3 Å². The average Bonchev–Trinajstić information content (AvgIpc) is 2.57. The second-order valence-electron chi connectivity index (χ2n) is 5.41. The Morgan fingerprint density at radius 2 is 1.79 bits per heavy atom. The van der Waals surface area contributed by atoms with E-state index in [1.165, 1.54) is 6.07 Å². The van der Waals surface area contributed by atoms with Crippen molar-refractivity contribution in [2.24, 2.45) is 0 Å². The molecule has 5 heteroatoms. The van der Waals surface area contributed by atoms with Gasteiger partial charge in [0.1, 0.15) is 11.6 Å². The predicted molar refractivity (Wildman–Crippen MR) is 90.9 cm³/mol. The van der Waals surface area contributed by atoms with Gasteiger partial charge in [-0.1, -0.05) is 6.07 Å². The Hall–Kier alpha value is -2.69. The number of ether oxygens (including phenoxy) is 1. The number of nitrogens with one attached hydrogen (secondary N) is 1. The molecule has 0 aliphatic heterocycles. The largest absolute Gasteiger partial charge is 0.494 e. The van der Waals surface area contributed by atoms with Gasteiger partial charge in [0, 0.05) is 18.4 Å². The standard InChI is InChI=1S/C19H20FNO3/c1-3-24-15-7-5-14(6-8-15)18(22)10-11-19(23)21-17-12-13(2)4-9-16(17)20/h4-9,12H,3,10-11H2,1-2H3,(H,21,23). The van der Waals surface area contributed by atoms with Gasteiger partial charge in [0.15, 0.2) is 5.78 Å². The molecule has 0 atom stereocenters. The van der Waals surface area contributed by atoms with Crippen LogP contribution in [0, 0.1) is 12.7 Å². The van der Waals surface area contributed by atoms with Crippen LogP contribution in [0.3, 0.4) is 0 Å². The van der Waals surface area contributed by atoms with Crippen LogP contribution in [0.1, 0.15) is 35.7 Å². The first-order valence-electron chi connectivity index (χ1n) is 7.81. The number of aryl methyl sites for hydroxylation is 1. The molecule has 0 saturated heterocycles. The number of halogens is 1. The molecule has 0 bridgehead atoms. The molecule has 2 aromatic carbocycles. The van der Waals surface area contributed by atoms with Crippen molar-refractivity contribution in [1.29, 1.82) is 0 Å². The number of amides is 1. The molecule has 0 unspecified atom stereocenters. The van der Waals surface area contributed by atoms with Crippen molar-refractivity contribution in [3.8, 4) is 5.75 Å². The minimum absolute atomic E-state index is 0.000569. The number of carbonyl (C=O) groups excluding carboxylic acids is 2. The summed E-state index contributed by atoms with van der Waals surface area (Å²) in [4.78, 5) is 24.0. The highest BCUT2D eigenvalue weighted by atomic mass is 19.1. The monoisotopic (exact) mass is 329 g/mol. The molecule has 126 valence electrons. The van der Waals surface area contributed by atoms with E-state index in [9.17, 15) is 14.0 Å². The van der Waals surface area contributed by atoms with Gasteiger partial charge in [-0.2, -0.15) is 0 Å². The Labute approximate surface area is 140 Å². The van der Waals surface area contributed by atoms with E-state index in [2.05, 4.69) is 5.32 Å². The molecule has 0 heterocycles. The lowest BCUT2D eigenvalue weighted by Crippen LogP contribution is -2.14. The predicted octanol–water partition coefficient (Wildman–Crippen LogP) is 4.13. The highest BCUT2D eigenvalue weighted by molar-refractivity contribution is 6.00. The fourth-order valence-electron chi connectivity index (χ4n) is 2.22. The van der Waals surface area contributed by atoms with Crippen molar-refractivity contribution < 1.29 is 18.7 Å². The van der Waals surface area contributed by atoms with Crippen molar-refractivity contribution in [2.75, 3.05) is 11.9 Å². The molecule has 0 spiro atoms. The van der Waals surface area contributed by atoms with E-state index in [1.54, 1.807) is 36.4 Å². The van der Waals surface area contributed by atoms with Crippen molar-refractivity contribution in [2.45, 2.75) is 26.7 Å². The summed E-state index contributed by atoms with van der Waals surface area (Å²) < 4.78 is 18.9. The maximum absolute atomic E-state index is 13.6. The normalized spacial score (nSPS) is 10.3. The zero-order valence-electron chi connectivity index (χ0n) is 13.8. The van der Waals surface area contributed by atoms with Crippen LogP contribution in [0.5, 0.6) is 5.75 Å². The van der Waals surface area contributed by atoms with Crippen molar-refractivity contribution >= 4 is 17.4 Å². The lowest BCUT2D eigenvalue weighted by Gasteiger charge is -2.07. The van der Waals surface area contributed by atoms with Gasteiger partial charge in [0.2, 0.25) is 5.91 Å². The van der Waals surface area contributed by atoms with Crippen LogP contribution in [0.2, 0.25) is 0 Å². The molecule has 2 rings (SSSR count). The van der Waals surface area contributed by atoms with Crippen molar-refractivity contribution in [1.82, 2.24) is 0 Å². The van der Waals surface area contributed by atoms with E-state index in [4.69, 9.17) is 4.74 Å². The highest BCUT2D eigenvalue weighted by Gasteiger charge is 2.11. The molecule has 0 aliphatic rings. The average molecular weight is 329 g/mol. The molecular formula is C19H20FNO3. The van der Waals surface area contributed by atoms with Gasteiger partial charge < -0.3 is 10.1 Å². The number of benzene rings is 2. The fourth-order valence-corrected chi connectivity index (χ4v) is 2.22. The summed E-state index contributed by atoms with van der Waals surface area (Å²) in [6.45, 7) is 4.25. The molecule has 0 fully saturated rings. The first-order valence-corrected chi connectivity index (χ1v) is 7.81. The number of hydrogen-bond acceptors (Lipinski definition) is 3. The zero-order chi connectivity index (χ0) is 17.5. The lowest BCUT2D eigenvalue weighted by atomic mass is 10.1. The number of carbonyl (C=O) groups is 2. The molecule has 1 amide bonds. The van der Waals surface area contributed by atoms with Crippen LogP contribution >= 0.6 is 0 Å². The molecule has 4 nitrogen and oxygen atoms in total. The summed E-state index contributed by atoms with van der Waals surface area (Å²) in [5.74, 6) is -0.329. The Balaban J connectivity index is 1.88. The van der Waals surface area contributed by atoms with Crippen LogP contribution in [0.4, 0.5) is 10.1 Å². The van der Waals surface area contributed by atoms with Gasteiger partial charge in [-0.15, -0.1) is 0 Å². The second-order valence-corrected chi connectivity index (χ2v) is 5.41. The van der Waals surface area contributed by atoms with Gasteiger partial charge in [-0.05, 0) is 55.8 Å². The third-order valence-corrected chi connectivity index (χ3v) is 3.46. The van der Waals surface area contributed by atoms with E-state index >= 15 is 0 Å². The molecule has 1 N–H and O–H groups in total. The Morgan fingerprint density at radius 1 is 1.08 bits per heavy atom. The highest BCUT2D eigenvalue weighted by Crippen LogP contribution is 2.17. The van der Waals surface area contributed by atoms with E-state index < -0.39 is 11.7 Å². The number of hydrogen-bond donors (Lipinski definition) is 1. The fraction of sp³-hybridized carbons (Fsp3) is 0.263. The van der Waals surface area contributed by atoms with Crippen LogP contribution in [0.15, 0.2) is 42.5 Å². The Kier molecular flexibility index (Phi) is 6.07. The third-order valence-electron chi connectivity index (χ3n) is 3.46. The van der Waals surface area contributed by atoms with Crippen LogP contribution < -0.4 is 10.1 Å².